The number of aromatic nitrogens is 1. The number of hydrogen-bond acceptors (Lipinski definition) is 5. The van der Waals surface area contributed by atoms with Gasteiger partial charge in [-0.3, -0.25) is 0 Å². The van der Waals surface area contributed by atoms with Gasteiger partial charge < -0.3 is 9.47 Å². The Bertz CT molecular complexity index is 851. The third-order valence-corrected chi connectivity index (χ3v) is 5.57. The van der Waals surface area contributed by atoms with Crippen LogP contribution in [0.15, 0.2) is 47.8 Å². The zero-order chi connectivity index (χ0) is 17.6. The highest BCUT2D eigenvalue weighted by molar-refractivity contribution is 7.97. The van der Waals surface area contributed by atoms with Gasteiger partial charge in [0.2, 0.25) is 0 Å². The van der Waals surface area contributed by atoms with Crippen LogP contribution in [0.2, 0.25) is 0 Å². The Morgan fingerprint density at radius 2 is 1.88 bits per heavy atom. The molecule has 0 amide bonds. The second-order valence-corrected chi connectivity index (χ2v) is 7.18. The molecule has 3 aromatic rings. The minimum atomic E-state index is -0.192. The third kappa shape index (κ3) is 4.52. The molecule has 0 aliphatic heterocycles. The van der Waals surface area contributed by atoms with Gasteiger partial charge in [-0.25, -0.2) is 9.37 Å². The smallest absolute Gasteiger partial charge is 0.161 e. The molecule has 0 N–H and O–H groups in total. The fraction of sp³-hybridized carbons (Fsp3) is 0.211. The van der Waals surface area contributed by atoms with Crippen LogP contribution in [0.4, 0.5) is 4.39 Å². The molecule has 2 aromatic carbocycles. The van der Waals surface area contributed by atoms with Crippen molar-refractivity contribution in [2.24, 2.45) is 0 Å². The fourth-order valence-corrected chi connectivity index (χ4v) is 4.17. The Kier molecular flexibility index (Phi) is 5.94. The molecule has 0 atom stereocenters. The van der Waals surface area contributed by atoms with Gasteiger partial charge in [0.05, 0.1) is 19.9 Å². The van der Waals surface area contributed by atoms with Gasteiger partial charge in [0.15, 0.2) is 11.5 Å². The molecule has 130 valence electrons. The summed E-state index contributed by atoms with van der Waals surface area (Å²) in [6, 6.07) is 12.5. The maximum atomic E-state index is 13.2. The molecule has 25 heavy (non-hydrogen) atoms. The Labute approximate surface area is 154 Å². The van der Waals surface area contributed by atoms with E-state index in [1.165, 1.54) is 6.07 Å². The average molecular weight is 375 g/mol. The molecule has 1 aromatic heterocycles. The molecule has 0 saturated heterocycles. The van der Waals surface area contributed by atoms with Crippen molar-refractivity contribution in [3.8, 4) is 22.1 Å². The molecule has 0 bridgehead atoms. The largest absolute Gasteiger partial charge is 0.493 e. The Morgan fingerprint density at radius 1 is 1.04 bits per heavy atom. The summed E-state index contributed by atoms with van der Waals surface area (Å²) >= 11 is 3.33. The zero-order valence-electron chi connectivity index (χ0n) is 14.0. The van der Waals surface area contributed by atoms with Crippen LogP contribution >= 0.6 is 23.1 Å². The van der Waals surface area contributed by atoms with Gasteiger partial charge in [-0.15, -0.1) is 11.3 Å². The summed E-state index contributed by atoms with van der Waals surface area (Å²) in [5.74, 6) is 2.76. The number of thioether (sulfide) groups is 1. The van der Waals surface area contributed by atoms with E-state index in [1.54, 1.807) is 49.5 Å². The topological polar surface area (TPSA) is 31.4 Å². The number of halogens is 1. The highest BCUT2D eigenvalue weighted by atomic mass is 32.2. The van der Waals surface area contributed by atoms with Crippen molar-refractivity contribution in [1.82, 2.24) is 4.98 Å². The average Bonchev–Trinajstić information content (AvgIpc) is 3.10. The molecule has 0 spiro atoms. The first-order valence-electron chi connectivity index (χ1n) is 7.68. The number of methoxy groups -OCH3 is 2. The zero-order valence-corrected chi connectivity index (χ0v) is 15.6. The van der Waals surface area contributed by atoms with Crippen molar-refractivity contribution in [3.05, 3.63) is 64.9 Å². The lowest BCUT2D eigenvalue weighted by atomic mass is 10.2. The van der Waals surface area contributed by atoms with Crippen LogP contribution in [0.25, 0.3) is 10.6 Å². The van der Waals surface area contributed by atoms with Gasteiger partial charge >= 0.3 is 0 Å². The maximum Gasteiger partial charge on any atom is 0.161 e. The fourth-order valence-electron chi connectivity index (χ4n) is 2.38. The lowest BCUT2D eigenvalue weighted by Gasteiger charge is -2.08. The van der Waals surface area contributed by atoms with E-state index in [2.05, 4.69) is 10.4 Å². The SMILES string of the molecule is COc1ccc(-c2nc(CSCc3cccc(F)c3)cs2)cc1OC. The minimum absolute atomic E-state index is 0.192. The molecule has 0 unspecified atom stereocenters. The van der Waals surface area contributed by atoms with Gasteiger partial charge in [-0.05, 0) is 35.9 Å². The number of rotatable bonds is 7. The van der Waals surface area contributed by atoms with Gasteiger partial charge in [0.1, 0.15) is 10.8 Å². The summed E-state index contributed by atoms with van der Waals surface area (Å²) in [6.07, 6.45) is 0. The van der Waals surface area contributed by atoms with Crippen molar-refractivity contribution in [2.75, 3.05) is 14.2 Å². The quantitative estimate of drug-likeness (QED) is 0.553. The Balaban J connectivity index is 1.64. The summed E-state index contributed by atoms with van der Waals surface area (Å²) in [5.41, 5.74) is 3.01. The van der Waals surface area contributed by atoms with Crippen LogP contribution in [0, 0.1) is 5.82 Å². The molecule has 3 rings (SSSR count). The molecule has 0 aliphatic carbocycles. The number of hydrogen-bond donors (Lipinski definition) is 0. The highest BCUT2D eigenvalue weighted by Gasteiger charge is 2.10. The van der Waals surface area contributed by atoms with Crippen LogP contribution in [0.5, 0.6) is 11.5 Å². The molecule has 6 heteroatoms. The molecule has 0 fully saturated rings. The first-order chi connectivity index (χ1) is 12.2. The van der Waals surface area contributed by atoms with Crippen LogP contribution in [0.3, 0.4) is 0 Å². The van der Waals surface area contributed by atoms with Crippen molar-refractivity contribution in [1.29, 1.82) is 0 Å². The number of benzene rings is 2. The number of nitrogens with zero attached hydrogens (tertiary/aromatic N) is 1. The first-order valence-corrected chi connectivity index (χ1v) is 9.72. The first kappa shape index (κ1) is 17.8. The van der Waals surface area contributed by atoms with E-state index in [0.29, 0.717) is 11.5 Å². The van der Waals surface area contributed by atoms with Crippen LogP contribution < -0.4 is 9.47 Å². The van der Waals surface area contributed by atoms with E-state index < -0.39 is 0 Å². The molecule has 3 nitrogen and oxygen atoms in total. The van der Waals surface area contributed by atoms with Crippen LogP contribution in [0.1, 0.15) is 11.3 Å². The minimum Gasteiger partial charge on any atom is -0.493 e. The van der Waals surface area contributed by atoms with Gasteiger partial charge in [-0.1, -0.05) is 12.1 Å². The summed E-state index contributed by atoms with van der Waals surface area (Å²) in [6.45, 7) is 0. The summed E-state index contributed by atoms with van der Waals surface area (Å²) < 4.78 is 23.8. The number of thiazole rings is 1. The Morgan fingerprint density at radius 3 is 2.64 bits per heavy atom. The number of ether oxygens (including phenoxy) is 2. The molecule has 0 radical (unpaired) electrons. The van der Waals surface area contributed by atoms with E-state index in [1.807, 2.05) is 24.3 Å². The van der Waals surface area contributed by atoms with Crippen molar-refractivity contribution < 1.29 is 13.9 Å². The molecule has 1 heterocycles. The molecular weight excluding hydrogens is 357 g/mol. The maximum absolute atomic E-state index is 13.2. The van der Waals surface area contributed by atoms with E-state index in [0.717, 1.165) is 33.3 Å². The normalized spacial score (nSPS) is 10.7. The summed E-state index contributed by atoms with van der Waals surface area (Å²) in [5, 5.41) is 3.01. The van der Waals surface area contributed by atoms with Crippen molar-refractivity contribution in [2.45, 2.75) is 11.5 Å². The monoisotopic (exact) mass is 375 g/mol. The van der Waals surface area contributed by atoms with Crippen LogP contribution in [-0.2, 0) is 11.5 Å². The van der Waals surface area contributed by atoms with Gasteiger partial charge in [0, 0.05) is 22.4 Å². The van der Waals surface area contributed by atoms with E-state index in [9.17, 15) is 4.39 Å². The molecule has 0 aliphatic rings. The predicted molar refractivity (Wildman–Crippen MR) is 102 cm³/mol. The predicted octanol–water partition coefficient (Wildman–Crippen LogP) is 5.40. The summed E-state index contributed by atoms with van der Waals surface area (Å²) in [4.78, 5) is 4.69. The second kappa shape index (κ2) is 8.36. The lowest BCUT2D eigenvalue weighted by molar-refractivity contribution is 0.355. The van der Waals surface area contributed by atoms with Crippen molar-refractivity contribution in [3.63, 3.8) is 0 Å². The molecular formula is C19H18FNO2S2. The van der Waals surface area contributed by atoms with Gasteiger partial charge in [0.25, 0.3) is 0 Å². The summed E-state index contributed by atoms with van der Waals surface area (Å²) in [7, 11) is 3.24. The Hall–Kier alpha value is -2.05. The van der Waals surface area contributed by atoms with E-state index in [-0.39, 0.29) is 5.82 Å². The highest BCUT2D eigenvalue weighted by Crippen LogP contribution is 2.34. The van der Waals surface area contributed by atoms with Gasteiger partial charge in [-0.2, -0.15) is 11.8 Å². The lowest BCUT2D eigenvalue weighted by Crippen LogP contribution is -1.91. The van der Waals surface area contributed by atoms with Crippen molar-refractivity contribution >= 4 is 23.1 Å². The van der Waals surface area contributed by atoms with E-state index >= 15 is 0 Å². The van der Waals surface area contributed by atoms with Crippen LogP contribution in [-0.4, -0.2) is 19.2 Å². The van der Waals surface area contributed by atoms with E-state index in [4.69, 9.17) is 9.47 Å². The molecule has 0 saturated carbocycles. The third-order valence-electron chi connectivity index (χ3n) is 3.59. The standard InChI is InChI=1S/C19H18FNO2S2/c1-22-17-7-6-14(9-18(17)23-2)19-21-16(12-25-19)11-24-10-13-4-3-5-15(20)8-13/h3-9,12H,10-11H2,1-2H3. The second-order valence-electron chi connectivity index (χ2n) is 5.34.